The topological polar surface area (TPSA) is 71.3 Å². The van der Waals surface area contributed by atoms with Crippen molar-refractivity contribution in [3.63, 3.8) is 0 Å². The summed E-state index contributed by atoms with van der Waals surface area (Å²) in [7, 11) is 0. The Kier molecular flexibility index (Phi) is 19.9. The third-order valence-electron chi connectivity index (χ3n) is 14.4. The summed E-state index contributed by atoms with van der Waals surface area (Å²) in [4.78, 5) is 18.8. The van der Waals surface area contributed by atoms with Gasteiger partial charge in [-0.3, -0.25) is 0 Å². The fraction of sp³-hybridized carbons (Fsp3) is 0.226. The van der Waals surface area contributed by atoms with Crippen molar-refractivity contribution in [3.8, 4) is 0 Å². The quantitative estimate of drug-likeness (QED) is 0.123. The molecule has 10 aromatic rings. The molecule has 0 saturated heterocycles. The molecule has 0 N–H and O–H groups in total. The minimum absolute atomic E-state index is 0. The van der Waals surface area contributed by atoms with Gasteiger partial charge in [-0.25, -0.2) is 19.9 Å². The van der Waals surface area contributed by atoms with Crippen LogP contribution in [0, 0.1) is 41.5 Å². The molecule has 0 unspecified atom stereocenters. The van der Waals surface area contributed by atoms with Gasteiger partial charge in [0.05, 0.1) is 0 Å². The van der Waals surface area contributed by atoms with E-state index in [0.29, 0.717) is 0 Å². The molecule has 8 aromatic heterocycles. The maximum atomic E-state index is 4.70. The van der Waals surface area contributed by atoms with E-state index in [9.17, 15) is 0 Å². The summed E-state index contributed by atoms with van der Waals surface area (Å²) < 4.78 is 9.37. The van der Waals surface area contributed by atoms with E-state index in [4.69, 9.17) is 19.9 Å². The van der Waals surface area contributed by atoms with Crippen LogP contribution in [-0.4, -0.2) is 51.8 Å². The van der Waals surface area contributed by atoms with Crippen LogP contribution in [0.4, 0.5) is 0 Å². The average molecular weight is 1150 g/mol. The van der Waals surface area contributed by atoms with Crippen LogP contribution in [0.1, 0.15) is 84.7 Å². The minimum atomic E-state index is -1.16. The van der Waals surface area contributed by atoms with Crippen LogP contribution >= 0.6 is 0 Å². The van der Waals surface area contributed by atoms with Crippen molar-refractivity contribution < 1.29 is 39.0 Å². The molecule has 8 heterocycles. The average Bonchev–Trinajstić information content (AvgIpc) is 4.17. The monoisotopic (exact) mass is 1150 g/mol. The number of hydrogen-bond acceptors (Lipinski definition) is 4. The molecule has 2 aromatic carbocycles. The Morgan fingerprint density at radius 3 is 0.757 bits per heavy atom. The van der Waals surface area contributed by atoms with Gasteiger partial charge in [-0.15, -0.1) is 0 Å². The third kappa shape index (κ3) is 12.9. The Bertz CT molecular complexity index is 3080. The van der Waals surface area contributed by atoms with E-state index < -0.39 is 14.0 Å². The molecule has 0 saturated carbocycles. The predicted octanol–water partition coefficient (Wildman–Crippen LogP) is 13.0. The first-order chi connectivity index (χ1) is 35.3. The number of aromatic nitrogens is 8. The van der Waals surface area contributed by atoms with E-state index >= 15 is 0 Å². The summed E-state index contributed by atoms with van der Waals surface area (Å²) in [6.07, 6.45) is 44.2. The van der Waals surface area contributed by atoms with Crippen molar-refractivity contribution >= 4 is 69.0 Å². The molecule has 12 rings (SSSR count). The number of benzene rings is 2. The fourth-order valence-corrected chi connectivity index (χ4v) is 11.2. The maximum Gasteiger partial charge on any atom is 0.205 e. The molecule has 12 heteroatoms. The second-order valence-corrected chi connectivity index (χ2v) is 19.7. The van der Waals surface area contributed by atoms with E-state index in [1.54, 1.807) is 0 Å². The van der Waals surface area contributed by atoms with Gasteiger partial charge in [0.15, 0.2) is 0 Å². The van der Waals surface area contributed by atoms with Gasteiger partial charge in [-0.1, -0.05) is 106 Å². The third-order valence-corrected chi connectivity index (χ3v) is 14.4. The van der Waals surface area contributed by atoms with Gasteiger partial charge in [-0.2, -0.15) is 10.9 Å². The number of rotatable bonds is 6. The first kappa shape index (κ1) is 55.3. The molecule has 0 spiro atoms. The van der Waals surface area contributed by atoms with Gasteiger partial charge >= 0.3 is 0 Å². The van der Waals surface area contributed by atoms with E-state index in [0.717, 1.165) is 44.1 Å². The molecular weight excluding hydrogens is 1080 g/mol. The van der Waals surface area contributed by atoms with Crippen molar-refractivity contribution in [1.29, 1.82) is 0 Å². The molecule has 0 amide bonds. The van der Waals surface area contributed by atoms with Crippen LogP contribution in [-0.2, 0) is 39.0 Å². The summed E-state index contributed by atoms with van der Waals surface area (Å²) in [6.45, 7) is 10.9. The summed E-state index contributed by atoms with van der Waals surface area (Å²) in [5.74, 6) is 0. The molecular formula is C62H68B2N8Rh2-2. The smallest absolute Gasteiger partial charge is 0.205 e. The molecule has 0 atom stereocenters. The van der Waals surface area contributed by atoms with Gasteiger partial charge in [0.2, 0.25) is 14.0 Å². The Balaban J connectivity index is 0.000000163. The van der Waals surface area contributed by atoms with Crippen LogP contribution in [0.3, 0.4) is 0 Å². The fourth-order valence-electron chi connectivity index (χ4n) is 11.2. The number of pyridine rings is 4. The first-order valence-corrected chi connectivity index (χ1v) is 26.0. The summed E-state index contributed by atoms with van der Waals surface area (Å²) in [6, 6.07) is 34.2. The van der Waals surface area contributed by atoms with Crippen LogP contribution in [0.5, 0.6) is 0 Å². The van der Waals surface area contributed by atoms with Crippen molar-refractivity contribution in [2.45, 2.75) is 92.9 Å². The molecule has 74 heavy (non-hydrogen) atoms. The van der Waals surface area contributed by atoms with Gasteiger partial charge in [0.1, 0.15) is 22.6 Å². The van der Waals surface area contributed by atoms with E-state index in [1.165, 1.54) is 95.7 Å². The largest absolute Gasteiger partial charge is 0.487 e. The van der Waals surface area contributed by atoms with Crippen molar-refractivity contribution in [1.82, 2.24) is 37.8 Å². The molecule has 8 nitrogen and oxygen atoms in total. The Hall–Kier alpha value is -6.46. The van der Waals surface area contributed by atoms with Gasteiger partial charge in [0.25, 0.3) is 0 Å². The Morgan fingerprint density at radius 2 is 0.541 bits per heavy atom. The molecule has 2 aliphatic carbocycles. The SMILES string of the molecule is C1=C\CC/C=C\CC/1.C1=C\CC/C=C\CC/1.Cc1cc(C)c([BH-](n2ccc3cccnc32)n2ccc3cccnc32)c(C)c1.Cc1cc(C)c([BH-](n2ccc3cccnc32)n2ccc3cccnc32)c(C)c1.[Rh].[Rh]. The summed E-state index contributed by atoms with van der Waals surface area (Å²) in [5, 5.41) is 4.64. The van der Waals surface area contributed by atoms with Crippen LogP contribution in [0.2, 0.25) is 0 Å². The number of allylic oxidation sites excluding steroid dienone is 8. The van der Waals surface area contributed by atoms with Crippen LogP contribution < -0.4 is 10.9 Å². The van der Waals surface area contributed by atoms with Gasteiger partial charge < -0.3 is 17.9 Å². The second kappa shape index (κ2) is 26.7. The number of hydrogen-bond donors (Lipinski definition) is 0. The Labute approximate surface area is 464 Å². The summed E-state index contributed by atoms with van der Waals surface area (Å²) >= 11 is 0. The molecule has 2 aliphatic rings. The Morgan fingerprint density at radius 1 is 0.324 bits per heavy atom. The number of fused-ring (bicyclic) bond motifs is 4. The standard InChI is InChI=1S/2C23H22BN4.2C8H12.2Rh/c2*1-16-14-17(2)21(18(3)15-16)24(27-12-8-19-6-4-10-25-22(19)27)28-13-9-20-7-5-11-26-23(20)28;2*1-2-4-6-8-7-5-3-1;;/h2*4-15,24H,1-3H3;2*1-2,7-8H,3-6H2;;/q2*-1;;;;/b;;2*2-1-,8-7-;;. The summed E-state index contributed by atoms with van der Waals surface area (Å²) in [5.41, 5.74) is 14.6. The van der Waals surface area contributed by atoms with Crippen LogP contribution in [0.25, 0.3) is 44.1 Å². The zero-order valence-electron chi connectivity index (χ0n) is 43.8. The number of aryl methyl sites for hydroxylation is 6. The second-order valence-electron chi connectivity index (χ2n) is 19.7. The molecule has 0 aliphatic heterocycles. The molecule has 382 valence electrons. The van der Waals surface area contributed by atoms with Crippen LogP contribution in [0.15, 0.2) is 195 Å². The van der Waals surface area contributed by atoms with Gasteiger partial charge in [0, 0.05) is 85.3 Å². The molecule has 2 radical (unpaired) electrons. The van der Waals surface area contributed by atoms with E-state index in [1.807, 2.05) is 49.1 Å². The van der Waals surface area contributed by atoms with E-state index in [-0.39, 0.29) is 39.0 Å². The van der Waals surface area contributed by atoms with Crippen molar-refractivity contribution in [2.75, 3.05) is 0 Å². The molecule has 0 bridgehead atoms. The minimum Gasteiger partial charge on any atom is -0.487 e. The zero-order valence-corrected chi connectivity index (χ0v) is 47.1. The normalized spacial score (nSPS) is 14.9. The van der Waals surface area contributed by atoms with Gasteiger partial charge in [-0.05, 0) is 190 Å². The zero-order chi connectivity index (χ0) is 49.8. The first-order valence-electron chi connectivity index (χ1n) is 26.0. The molecule has 0 fully saturated rings. The predicted molar refractivity (Wildman–Crippen MR) is 309 cm³/mol. The van der Waals surface area contributed by atoms with Crippen molar-refractivity contribution in [3.05, 3.63) is 229 Å². The number of nitrogens with zero attached hydrogens (tertiary/aromatic N) is 8. The maximum absolute atomic E-state index is 4.70. The van der Waals surface area contributed by atoms with E-state index in [2.05, 4.69) is 206 Å². The van der Waals surface area contributed by atoms with Crippen molar-refractivity contribution in [2.24, 2.45) is 0 Å².